The molecule has 90 valence electrons. The minimum atomic E-state index is 0.362. The van der Waals surface area contributed by atoms with Crippen LogP contribution in [-0.2, 0) is 4.79 Å². The number of allylic oxidation sites excluding steroid dienone is 2. The number of alkyl halides is 1. The second kappa shape index (κ2) is 5.19. The first kappa shape index (κ1) is 12.6. The van der Waals surface area contributed by atoms with Gasteiger partial charge in [0.1, 0.15) is 0 Å². The topological polar surface area (TPSA) is 17.1 Å². The molecule has 0 bridgehead atoms. The van der Waals surface area contributed by atoms with E-state index < -0.39 is 0 Å². The van der Waals surface area contributed by atoms with Crippen LogP contribution in [0.1, 0.15) is 46.0 Å². The van der Waals surface area contributed by atoms with Crippen molar-refractivity contribution in [2.75, 3.05) is 0 Å². The molecule has 2 rings (SSSR count). The number of carbonyl (C=O) groups excluding carboxylic acids is 1. The van der Waals surface area contributed by atoms with Crippen molar-refractivity contribution in [3.8, 4) is 0 Å². The molecular formula is C14H21IO. The van der Waals surface area contributed by atoms with Gasteiger partial charge in [0.15, 0.2) is 5.78 Å². The molecule has 1 fully saturated rings. The summed E-state index contributed by atoms with van der Waals surface area (Å²) in [6.07, 6.45) is 8.42. The molecular weight excluding hydrogens is 311 g/mol. The zero-order valence-electron chi connectivity index (χ0n) is 10.2. The summed E-state index contributed by atoms with van der Waals surface area (Å²) in [5.74, 6) is 2.63. The van der Waals surface area contributed by atoms with Crippen LogP contribution in [0, 0.1) is 17.8 Å². The van der Waals surface area contributed by atoms with Crippen LogP contribution in [0.15, 0.2) is 11.6 Å². The largest absolute Gasteiger partial charge is 0.295 e. The Morgan fingerprint density at radius 3 is 2.69 bits per heavy atom. The molecule has 3 atom stereocenters. The molecule has 16 heavy (non-hydrogen) atoms. The number of Topliss-reactive ketones (excluding diaryl/α,β-unsaturated/α-hetero) is 1. The van der Waals surface area contributed by atoms with Crippen LogP contribution >= 0.6 is 22.6 Å². The summed E-state index contributed by atoms with van der Waals surface area (Å²) >= 11 is 2.54. The summed E-state index contributed by atoms with van der Waals surface area (Å²) < 4.78 is 0.588. The Morgan fingerprint density at radius 1 is 1.50 bits per heavy atom. The maximum atomic E-state index is 11.8. The quantitative estimate of drug-likeness (QED) is 0.560. The summed E-state index contributed by atoms with van der Waals surface area (Å²) in [7, 11) is 0. The molecule has 0 aromatic heterocycles. The zero-order chi connectivity index (χ0) is 11.7. The van der Waals surface area contributed by atoms with E-state index in [4.69, 9.17) is 0 Å². The molecule has 0 N–H and O–H groups in total. The van der Waals surface area contributed by atoms with Crippen LogP contribution in [0.5, 0.6) is 0 Å². The van der Waals surface area contributed by atoms with E-state index in [1.165, 1.54) is 25.7 Å². The Bertz CT molecular complexity index is 304. The molecule has 0 aliphatic heterocycles. The standard InChI is InChI=1S/C14H21IO/c1-3-14(16)11-8-13(15)12(7-9(11)2)10-5-4-6-10/h8-10,12-13H,3-7H2,1-2H3/t9-,12?,13-/m0/s1. The first-order valence-corrected chi connectivity index (χ1v) is 7.77. The van der Waals surface area contributed by atoms with Crippen LogP contribution in [0.3, 0.4) is 0 Å². The van der Waals surface area contributed by atoms with Gasteiger partial charge < -0.3 is 0 Å². The summed E-state index contributed by atoms with van der Waals surface area (Å²) in [5.41, 5.74) is 1.11. The third kappa shape index (κ3) is 2.36. The van der Waals surface area contributed by atoms with Crippen molar-refractivity contribution in [3.63, 3.8) is 0 Å². The minimum absolute atomic E-state index is 0.362. The highest BCUT2D eigenvalue weighted by molar-refractivity contribution is 14.1. The smallest absolute Gasteiger partial charge is 0.158 e. The van der Waals surface area contributed by atoms with Crippen molar-refractivity contribution >= 4 is 28.4 Å². The van der Waals surface area contributed by atoms with E-state index in [9.17, 15) is 4.79 Å². The van der Waals surface area contributed by atoms with Gasteiger partial charge in [-0.1, -0.05) is 61.8 Å². The van der Waals surface area contributed by atoms with Gasteiger partial charge in [0.05, 0.1) is 0 Å². The van der Waals surface area contributed by atoms with E-state index in [2.05, 4.69) is 35.6 Å². The predicted octanol–water partition coefficient (Wildman–Crippen LogP) is 4.15. The van der Waals surface area contributed by atoms with Crippen LogP contribution in [0.25, 0.3) is 0 Å². The highest BCUT2D eigenvalue weighted by Crippen LogP contribution is 2.45. The van der Waals surface area contributed by atoms with Crippen LogP contribution in [0.2, 0.25) is 0 Å². The number of hydrogen-bond acceptors (Lipinski definition) is 1. The van der Waals surface area contributed by atoms with Gasteiger partial charge in [0, 0.05) is 10.3 Å². The second-order valence-corrected chi connectivity index (χ2v) is 6.77. The van der Waals surface area contributed by atoms with Crippen molar-refractivity contribution in [1.29, 1.82) is 0 Å². The van der Waals surface area contributed by atoms with Gasteiger partial charge in [-0.15, -0.1) is 0 Å². The Balaban J connectivity index is 2.10. The maximum absolute atomic E-state index is 11.8. The number of hydrogen-bond donors (Lipinski definition) is 0. The van der Waals surface area contributed by atoms with Crippen molar-refractivity contribution in [2.24, 2.45) is 17.8 Å². The molecule has 1 unspecified atom stereocenters. The van der Waals surface area contributed by atoms with Crippen molar-refractivity contribution in [2.45, 2.75) is 49.9 Å². The fraction of sp³-hybridized carbons (Fsp3) is 0.786. The second-order valence-electron chi connectivity index (χ2n) is 5.33. The van der Waals surface area contributed by atoms with Gasteiger partial charge in [-0.3, -0.25) is 4.79 Å². The lowest BCUT2D eigenvalue weighted by molar-refractivity contribution is -0.115. The van der Waals surface area contributed by atoms with Crippen LogP contribution < -0.4 is 0 Å². The third-order valence-corrected chi connectivity index (χ3v) is 5.59. The molecule has 2 aliphatic rings. The predicted molar refractivity (Wildman–Crippen MR) is 75.8 cm³/mol. The average molecular weight is 332 g/mol. The number of carbonyl (C=O) groups is 1. The first-order chi connectivity index (χ1) is 7.63. The highest BCUT2D eigenvalue weighted by Gasteiger charge is 2.36. The van der Waals surface area contributed by atoms with E-state index in [-0.39, 0.29) is 0 Å². The lowest BCUT2D eigenvalue weighted by Crippen LogP contribution is -2.34. The van der Waals surface area contributed by atoms with Gasteiger partial charge in [0.25, 0.3) is 0 Å². The average Bonchev–Trinajstić information content (AvgIpc) is 2.19. The summed E-state index contributed by atoms with van der Waals surface area (Å²) in [6, 6.07) is 0. The fourth-order valence-corrected chi connectivity index (χ4v) is 4.29. The molecule has 0 heterocycles. The summed E-state index contributed by atoms with van der Waals surface area (Å²) in [4.78, 5) is 11.8. The SMILES string of the molecule is CCC(=O)C1=C[C@H](I)C(C2CCC2)C[C@@H]1C. The van der Waals surface area contributed by atoms with Gasteiger partial charge in [-0.2, -0.15) is 0 Å². The first-order valence-electron chi connectivity index (χ1n) is 6.52. The number of rotatable bonds is 3. The van der Waals surface area contributed by atoms with Gasteiger partial charge in [-0.25, -0.2) is 0 Å². The van der Waals surface area contributed by atoms with Gasteiger partial charge >= 0.3 is 0 Å². The lowest BCUT2D eigenvalue weighted by Gasteiger charge is -2.40. The normalized spacial score (nSPS) is 35.4. The molecule has 2 aliphatic carbocycles. The zero-order valence-corrected chi connectivity index (χ0v) is 12.4. The minimum Gasteiger partial charge on any atom is -0.295 e. The van der Waals surface area contributed by atoms with Crippen molar-refractivity contribution in [3.05, 3.63) is 11.6 Å². The van der Waals surface area contributed by atoms with E-state index in [1.807, 2.05) is 6.92 Å². The fourth-order valence-electron chi connectivity index (χ4n) is 3.02. The van der Waals surface area contributed by atoms with Gasteiger partial charge in [-0.05, 0) is 29.7 Å². The molecule has 0 aromatic carbocycles. The van der Waals surface area contributed by atoms with Crippen molar-refractivity contribution in [1.82, 2.24) is 0 Å². The molecule has 0 radical (unpaired) electrons. The van der Waals surface area contributed by atoms with E-state index in [0.717, 1.165) is 17.4 Å². The molecule has 0 spiro atoms. The van der Waals surface area contributed by atoms with Crippen LogP contribution in [0.4, 0.5) is 0 Å². The maximum Gasteiger partial charge on any atom is 0.158 e. The molecule has 2 heteroatoms. The van der Waals surface area contributed by atoms with E-state index >= 15 is 0 Å². The molecule has 1 nitrogen and oxygen atoms in total. The summed E-state index contributed by atoms with van der Waals surface area (Å²) in [5, 5.41) is 0. The highest BCUT2D eigenvalue weighted by atomic mass is 127. The monoisotopic (exact) mass is 332 g/mol. The Morgan fingerprint density at radius 2 is 2.19 bits per heavy atom. The number of ketones is 1. The molecule has 1 saturated carbocycles. The lowest BCUT2D eigenvalue weighted by atomic mass is 9.68. The van der Waals surface area contributed by atoms with Gasteiger partial charge in [0.2, 0.25) is 0 Å². The van der Waals surface area contributed by atoms with E-state index in [0.29, 0.717) is 22.0 Å². The molecule has 0 amide bonds. The van der Waals surface area contributed by atoms with Crippen molar-refractivity contribution < 1.29 is 4.79 Å². The van der Waals surface area contributed by atoms with Crippen LogP contribution in [-0.4, -0.2) is 9.71 Å². The Labute approximate surface area is 112 Å². The molecule has 0 aromatic rings. The number of halogens is 1. The Hall–Kier alpha value is 0.140. The van der Waals surface area contributed by atoms with E-state index in [1.54, 1.807) is 0 Å². The third-order valence-electron chi connectivity index (χ3n) is 4.30. The summed E-state index contributed by atoms with van der Waals surface area (Å²) in [6.45, 7) is 4.20. The Kier molecular flexibility index (Phi) is 4.09. The molecule has 0 saturated heterocycles.